The van der Waals surface area contributed by atoms with E-state index >= 15 is 0 Å². The van der Waals surface area contributed by atoms with Gasteiger partial charge < -0.3 is 4.74 Å². The lowest BCUT2D eigenvalue weighted by molar-refractivity contribution is -0.137. The number of rotatable bonds is 5. The first kappa shape index (κ1) is 19.9. The lowest BCUT2D eigenvalue weighted by Crippen LogP contribution is -2.32. The van der Waals surface area contributed by atoms with Crippen LogP contribution in [0.4, 0.5) is 13.2 Å². The largest absolute Gasteiger partial charge is 0.493 e. The van der Waals surface area contributed by atoms with E-state index in [0.29, 0.717) is 23.5 Å². The summed E-state index contributed by atoms with van der Waals surface area (Å²) in [7, 11) is 0. The quantitative estimate of drug-likeness (QED) is 0.680. The fraction of sp³-hybridized carbons (Fsp3) is 0.250. The van der Waals surface area contributed by atoms with Crippen molar-refractivity contribution in [3.05, 3.63) is 64.7 Å². The summed E-state index contributed by atoms with van der Waals surface area (Å²) >= 11 is 0. The molecule has 0 bridgehead atoms. The van der Waals surface area contributed by atoms with E-state index < -0.39 is 17.8 Å². The van der Waals surface area contributed by atoms with Gasteiger partial charge in [-0.25, -0.2) is 10.9 Å². The van der Waals surface area contributed by atoms with Crippen molar-refractivity contribution in [2.24, 2.45) is 0 Å². The standard InChI is InChI=1S/C20H19F3N4O/c1-2-28-19-14(6-4-8-16(19)18-17(12-24)25-27-26-18)10-9-13-5-3-7-15(11-13)20(21,22)23/h3-11,17-18,25-27H,2H2,1H3/b10-9+. The molecule has 1 heterocycles. The SMILES string of the molecule is CCOc1c(/C=C/c2cccc(C(F)(F)F)c2)cccc1C1NNNC1C#N. The van der Waals surface area contributed by atoms with E-state index in [-0.39, 0.29) is 6.04 Å². The Morgan fingerprint density at radius 3 is 2.64 bits per heavy atom. The molecule has 1 aliphatic rings. The number of nitriles is 1. The predicted molar refractivity (Wildman–Crippen MR) is 99.5 cm³/mol. The molecule has 0 saturated carbocycles. The third kappa shape index (κ3) is 4.34. The van der Waals surface area contributed by atoms with E-state index in [1.807, 2.05) is 25.1 Å². The maximum absolute atomic E-state index is 12.9. The summed E-state index contributed by atoms with van der Waals surface area (Å²) in [5, 5.41) is 9.29. The van der Waals surface area contributed by atoms with Crippen LogP contribution in [0, 0.1) is 11.3 Å². The average Bonchev–Trinajstić information content (AvgIpc) is 3.15. The minimum Gasteiger partial charge on any atom is -0.493 e. The summed E-state index contributed by atoms with van der Waals surface area (Å²) in [6.07, 6.45) is -1.07. The highest BCUT2D eigenvalue weighted by Crippen LogP contribution is 2.34. The van der Waals surface area contributed by atoms with Gasteiger partial charge in [0.15, 0.2) is 0 Å². The number of nitrogens with one attached hydrogen (secondary N) is 3. The second-order valence-corrected chi connectivity index (χ2v) is 6.15. The summed E-state index contributed by atoms with van der Waals surface area (Å²) in [5.74, 6) is 0.580. The van der Waals surface area contributed by atoms with Crippen molar-refractivity contribution in [2.45, 2.75) is 25.2 Å². The molecule has 0 amide bonds. The number of halogens is 3. The second-order valence-electron chi connectivity index (χ2n) is 6.15. The first-order chi connectivity index (χ1) is 13.4. The zero-order valence-electron chi connectivity index (χ0n) is 15.0. The molecule has 2 aromatic carbocycles. The molecule has 8 heteroatoms. The van der Waals surface area contributed by atoms with E-state index in [0.717, 1.165) is 17.7 Å². The van der Waals surface area contributed by atoms with Crippen LogP contribution in [-0.4, -0.2) is 12.6 Å². The summed E-state index contributed by atoms with van der Waals surface area (Å²) in [4.78, 5) is 0. The topological polar surface area (TPSA) is 69.1 Å². The number of para-hydroxylation sites is 1. The summed E-state index contributed by atoms with van der Waals surface area (Å²) in [6, 6.07) is 11.9. The fourth-order valence-corrected chi connectivity index (χ4v) is 2.99. The van der Waals surface area contributed by atoms with Gasteiger partial charge in [0, 0.05) is 11.1 Å². The van der Waals surface area contributed by atoms with E-state index in [1.165, 1.54) is 6.07 Å². The molecular formula is C20H19F3N4O. The molecule has 2 atom stereocenters. The Kier molecular flexibility index (Phi) is 5.99. The van der Waals surface area contributed by atoms with Gasteiger partial charge in [0.05, 0.1) is 24.3 Å². The van der Waals surface area contributed by atoms with Crippen molar-refractivity contribution >= 4 is 12.2 Å². The third-order valence-corrected chi connectivity index (χ3v) is 4.30. The van der Waals surface area contributed by atoms with Gasteiger partial charge in [0.1, 0.15) is 11.8 Å². The molecule has 28 heavy (non-hydrogen) atoms. The Morgan fingerprint density at radius 2 is 1.93 bits per heavy atom. The van der Waals surface area contributed by atoms with Crippen LogP contribution in [0.3, 0.4) is 0 Å². The van der Waals surface area contributed by atoms with Gasteiger partial charge in [0.25, 0.3) is 0 Å². The van der Waals surface area contributed by atoms with Gasteiger partial charge in [-0.2, -0.15) is 24.0 Å². The number of hydrogen-bond acceptors (Lipinski definition) is 5. The molecule has 0 aromatic heterocycles. The Balaban J connectivity index is 1.95. The highest BCUT2D eigenvalue weighted by atomic mass is 19.4. The molecule has 5 nitrogen and oxygen atoms in total. The van der Waals surface area contributed by atoms with Gasteiger partial charge in [0.2, 0.25) is 0 Å². The van der Waals surface area contributed by atoms with E-state index in [4.69, 9.17) is 4.74 Å². The van der Waals surface area contributed by atoms with Gasteiger partial charge in [-0.05, 0) is 24.6 Å². The predicted octanol–water partition coefficient (Wildman–Crippen LogP) is 3.82. The molecule has 2 unspecified atom stereocenters. The van der Waals surface area contributed by atoms with Crippen LogP contribution >= 0.6 is 0 Å². The fourth-order valence-electron chi connectivity index (χ4n) is 2.99. The van der Waals surface area contributed by atoms with Crippen molar-refractivity contribution in [3.8, 4) is 11.8 Å². The van der Waals surface area contributed by atoms with Crippen LogP contribution in [-0.2, 0) is 6.18 Å². The molecule has 0 aliphatic carbocycles. The summed E-state index contributed by atoms with van der Waals surface area (Å²) in [5.41, 5.74) is 9.76. The smallest absolute Gasteiger partial charge is 0.416 e. The minimum atomic E-state index is -4.39. The zero-order chi connectivity index (χ0) is 20.1. The minimum absolute atomic E-state index is 0.339. The van der Waals surface area contributed by atoms with Gasteiger partial charge >= 0.3 is 6.18 Å². The lowest BCUT2D eigenvalue weighted by Gasteiger charge is -2.19. The Hall–Kier alpha value is -2.86. The first-order valence-corrected chi connectivity index (χ1v) is 8.70. The van der Waals surface area contributed by atoms with Gasteiger partial charge in [-0.3, -0.25) is 0 Å². The van der Waals surface area contributed by atoms with Crippen molar-refractivity contribution in [3.63, 3.8) is 0 Å². The molecule has 0 radical (unpaired) electrons. The van der Waals surface area contributed by atoms with Crippen LogP contribution in [0.25, 0.3) is 12.2 Å². The number of hydrogen-bond donors (Lipinski definition) is 3. The highest BCUT2D eigenvalue weighted by Gasteiger charge is 2.31. The highest BCUT2D eigenvalue weighted by molar-refractivity contribution is 5.74. The molecule has 2 aromatic rings. The number of benzene rings is 2. The summed E-state index contributed by atoms with van der Waals surface area (Å²) in [6.45, 7) is 2.25. The molecule has 3 N–H and O–H groups in total. The molecule has 3 rings (SSSR count). The third-order valence-electron chi connectivity index (χ3n) is 4.30. The zero-order valence-corrected chi connectivity index (χ0v) is 15.0. The van der Waals surface area contributed by atoms with E-state index in [2.05, 4.69) is 22.5 Å². The molecule has 1 saturated heterocycles. The number of hydrazine groups is 2. The van der Waals surface area contributed by atoms with Crippen molar-refractivity contribution in [1.82, 2.24) is 16.4 Å². The monoisotopic (exact) mass is 388 g/mol. The maximum Gasteiger partial charge on any atom is 0.416 e. The van der Waals surface area contributed by atoms with Crippen LogP contribution < -0.4 is 21.1 Å². The molecular weight excluding hydrogens is 369 g/mol. The Labute approximate surface area is 160 Å². The second kappa shape index (κ2) is 8.44. The van der Waals surface area contributed by atoms with Crippen LogP contribution in [0.15, 0.2) is 42.5 Å². The van der Waals surface area contributed by atoms with Crippen molar-refractivity contribution < 1.29 is 17.9 Å². The molecule has 1 aliphatic heterocycles. The van der Waals surface area contributed by atoms with Gasteiger partial charge in [-0.1, -0.05) is 42.5 Å². The number of ether oxygens (including phenoxy) is 1. The van der Waals surface area contributed by atoms with E-state index in [1.54, 1.807) is 18.2 Å². The Morgan fingerprint density at radius 1 is 1.14 bits per heavy atom. The lowest BCUT2D eigenvalue weighted by atomic mass is 9.97. The van der Waals surface area contributed by atoms with Crippen LogP contribution in [0.2, 0.25) is 0 Å². The molecule has 146 valence electrons. The van der Waals surface area contributed by atoms with Crippen molar-refractivity contribution in [1.29, 1.82) is 5.26 Å². The Bertz CT molecular complexity index is 905. The van der Waals surface area contributed by atoms with Crippen LogP contribution in [0.5, 0.6) is 5.75 Å². The van der Waals surface area contributed by atoms with Gasteiger partial charge in [-0.15, -0.1) is 0 Å². The van der Waals surface area contributed by atoms with Crippen molar-refractivity contribution in [2.75, 3.05) is 6.61 Å². The maximum atomic E-state index is 12.9. The normalized spacial score (nSPS) is 19.7. The molecule has 0 spiro atoms. The van der Waals surface area contributed by atoms with E-state index in [9.17, 15) is 18.4 Å². The number of nitrogens with zero attached hydrogens (tertiary/aromatic N) is 1. The summed E-state index contributed by atoms with van der Waals surface area (Å²) < 4.78 is 44.5. The molecule has 1 fully saturated rings. The first-order valence-electron chi connectivity index (χ1n) is 8.70. The number of alkyl halides is 3. The van der Waals surface area contributed by atoms with Crippen LogP contribution in [0.1, 0.15) is 35.2 Å². The average molecular weight is 388 g/mol.